The standard InChI is InChI=1S/C28H28ClF3N6O2/c1-36-13-20(11-34-36)37-14-28(15-37)22-9-18(30)4-7-23(22)38(27(28)40)12-16-2-5-19(6-3-16)35-26(39)21-8-17(29)10-33-24(21)25(31)32/h4,7-11,13,16,19,25H,2-3,5-6,12,14-15H2,1H3,(H,35,39)/t16-,19-. The summed E-state index contributed by atoms with van der Waals surface area (Å²) in [6.45, 7) is 1.42. The Hall–Kier alpha value is -3.60. The Kier molecular flexibility index (Phi) is 6.72. The number of nitrogens with one attached hydrogen (secondary N) is 1. The molecule has 2 aliphatic heterocycles. The number of carbonyl (C=O) groups is 2. The van der Waals surface area contributed by atoms with Gasteiger partial charge in [0.1, 0.15) is 16.9 Å². The normalized spacial score (nSPS) is 21.6. The van der Waals surface area contributed by atoms with Crippen LogP contribution in [0, 0.1) is 11.7 Å². The van der Waals surface area contributed by atoms with Crippen molar-refractivity contribution in [2.45, 2.75) is 43.6 Å². The Morgan fingerprint density at radius 1 is 1.18 bits per heavy atom. The van der Waals surface area contributed by atoms with Gasteiger partial charge in [-0.2, -0.15) is 5.10 Å². The lowest BCUT2D eigenvalue weighted by atomic mass is 9.74. The minimum atomic E-state index is -2.89. The molecule has 1 spiro atoms. The number of nitrogens with zero attached hydrogens (tertiary/aromatic N) is 5. The maximum Gasteiger partial charge on any atom is 0.281 e. The fraction of sp³-hybridized carbons (Fsp3) is 0.429. The smallest absolute Gasteiger partial charge is 0.281 e. The molecule has 1 aliphatic carbocycles. The third kappa shape index (κ3) is 4.59. The molecule has 3 aliphatic rings. The van der Waals surface area contributed by atoms with Gasteiger partial charge in [0.2, 0.25) is 5.91 Å². The number of fused-ring (bicyclic) bond motifs is 2. The fourth-order valence-electron chi connectivity index (χ4n) is 6.27. The number of pyridine rings is 1. The number of aromatic nitrogens is 3. The molecule has 1 aromatic carbocycles. The van der Waals surface area contributed by atoms with Gasteiger partial charge in [0.05, 0.1) is 22.5 Å². The van der Waals surface area contributed by atoms with Crippen molar-refractivity contribution in [3.05, 3.63) is 70.5 Å². The maximum absolute atomic E-state index is 14.3. The molecule has 0 unspecified atom stereocenters. The van der Waals surface area contributed by atoms with Crippen molar-refractivity contribution in [1.29, 1.82) is 0 Å². The maximum atomic E-state index is 14.3. The molecular formula is C28H28ClF3N6O2. The number of carbonyl (C=O) groups excluding carboxylic acids is 2. The predicted octanol–water partition coefficient (Wildman–Crippen LogP) is 4.64. The Labute approximate surface area is 234 Å². The van der Waals surface area contributed by atoms with E-state index in [1.807, 2.05) is 13.2 Å². The monoisotopic (exact) mass is 572 g/mol. The second-order valence-corrected chi connectivity index (χ2v) is 11.4. The van der Waals surface area contributed by atoms with E-state index in [-0.39, 0.29) is 34.3 Å². The first-order valence-electron chi connectivity index (χ1n) is 13.2. The number of alkyl halides is 2. The SMILES string of the molecule is Cn1cc(N2CC3(C2)C(=O)N(C[C@H]2CC[C@H](NC(=O)c4cc(Cl)cnc4C(F)F)CC2)c2ccc(F)cc23)cn1. The molecule has 40 heavy (non-hydrogen) atoms. The summed E-state index contributed by atoms with van der Waals surface area (Å²) in [6, 6.07) is 5.59. The van der Waals surface area contributed by atoms with Crippen LogP contribution in [0.5, 0.6) is 0 Å². The zero-order valence-corrected chi connectivity index (χ0v) is 22.5. The Morgan fingerprint density at radius 3 is 2.60 bits per heavy atom. The van der Waals surface area contributed by atoms with Crippen molar-refractivity contribution >= 4 is 34.8 Å². The number of hydrogen-bond acceptors (Lipinski definition) is 5. The van der Waals surface area contributed by atoms with Crippen LogP contribution in [0.1, 0.15) is 53.7 Å². The van der Waals surface area contributed by atoms with E-state index in [0.29, 0.717) is 32.5 Å². The first kappa shape index (κ1) is 26.6. The van der Waals surface area contributed by atoms with Crippen molar-refractivity contribution in [2.24, 2.45) is 13.0 Å². The molecule has 3 aromatic rings. The van der Waals surface area contributed by atoms with Crippen LogP contribution in [0.3, 0.4) is 0 Å². The summed E-state index contributed by atoms with van der Waals surface area (Å²) in [5.41, 5.74) is 0.801. The molecule has 0 radical (unpaired) electrons. The fourth-order valence-corrected chi connectivity index (χ4v) is 6.43. The second-order valence-electron chi connectivity index (χ2n) is 11.0. The van der Waals surface area contributed by atoms with Gasteiger partial charge in [-0.25, -0.2) is 13.2 Å². The molecule has 1 saturated carbocycles. The molecule has 0 bridgehead atoms. The highest BCUT2D eigenvalue weighted by Gasteiger charge is 2.58. The highest BCUT2D eigenvalue weighted by Crippen LogP contribution is 2.49. The molecule has 2 aromatic heterocycles. The van der Waals surface area contributed by atoms with Gasteiger partial charge in [0.15, 0.2) is 0 Å². The Bertz CT molecular complexity index is 1470. The largest absolute Gasteiger partial charge is 0.366 e. The van der Waals surface area contributed by atoms with Crippen LogP contribution in [-0.2, 0) is 17.3 Å². The molecular weight excluding hydrogens is 545 g/mol. The Morgan fingerprint density at radius 2 is 1.93 bits per heavy atom. The number of amides is 2. The zero-order valence-electron chi connectivity index (χ0n) is 21.8. The van der Waals surface area contributed by atoms with Crippen LogP contribution in [0.25, 0.3) is 0 Å². The van der Waals surface area contributed by atoms with E-state index < -0.39 is 23.4 Å². The molecule has 2 fully saturated rings. The van der Waals surface area contributed by atoms with Gasteiger partial charge < -0.3 is 15.1 Å². The summed E-state index contributed by atoms with van der Waals surface area (Å²) < 4.78 is 42.7. The van der Waals surface area contributed by atoms with E-state index >= 15 is 0 Å². The van der Waals surface area contributed by atoms with Crippen molar-refractivity contribution in [3.63, 3.8) is 0 Å². The molecule has 210 valence electrons. The lowest BCUT2D eigenvalue weighted by molar-refractivity contribution is -0.124. The van der Waals surface area contributed by atoms with Crippen molar-refractivity contribution in [3.8, 4) is 0 Å². The van der Waals surface area contributed by atoms with E-state index in [1.54, 1.807) is 21.8 Å². The predicted molar refractivity (Wildman–Crippen MR) is 143 cm³/mol. The first-order valence-corrected chi connectivity index (χ1v) is 13.6. The molecule has 12 heteroatoms. The lowest BCUT2D eigenvalue weighted by Gasteiger charge is -2.47. The summed E-state index contributed by atoms with van der Waals surface area (Å²) in [4.78, 5) is 34.1. The van der Waals surface area contributed by atoms with Gasteiger partial charge in [0, 0.05) is 50.8 Å². The highest BCUT2D eigenvalue weighted by atomic mass is 35.5. The topological polar surface area (TPSA) is 83.4 Å². The summed E-state index contributed by atoms with van der Waals surface area (Å²) >= 11 is 5.89. The van der Waals surface area contributed by atoms with Crippen LogP contribution >= 0.6 is 11.6 Å². The number of rotatable bonds is 6. The molecule has 0 atom stereocenters. The zero-order chi connectivity index (χ0) is 28.2. The van der Waals surface area contributed by atoms with Crippen molar-refractivity contribution < 1.29 is 22.8 Å². The quantitative estimate of drug-likeness (QED) is 0.465. The minimum Gasteiger partial charge on any atom is -0.366 e. The lowest BCUT2D eigenvalue weighted by Crippen LogP contribution is -2.64. The third-order valence-electron chi connectivity index (χ3n) is 8.36. The van der Waals surface area contributed by atoms with Gasteiger partial charge >= 0.3 is 0 Å². The van der Waals surface area contributed by atoms with E-state index in [0.717, 1.165) is 36.0 Å². The Balaban J connectivity index is 1.11. The van der Waals surface area contributed by atoms with Gasteiger partial charge in [-0.15, -0.1) is 0 Å². The van der Waals surface area contributed by atoms with Crippen LogP contribution < -0.4 is 15.1 Å². The average Bonchev–Trinajstić information content (AvgIpc) is 3.42. The molecule has 4 heterocycles. The highest BCUT2D eigenvalue weighted by molar-refractivity contribution is 6.30. The minimum absolute atomic E-state index is 0.0170. The molecule has 1 N–H and O–H groups in total. The second kappa shape index (κ2) is 10.1. The summed E-state index contributed by atoms with van der Waals surface area (Å²) in [6.07, 6.45) is 4.64. The van der Waals surface area contributed by atoms with Gasteiger partial charge in [-0.05, 0) is 61.4 Å². The number of anilines is 2. The molecule has 1 saturated heterocycles. The van der Waals surface area contributed by atoms with Crippen molar-refractivity contribution in [2.75, 3.05) is 29.4 Å². The van der Waals surface area contributed by atoms with Gasteiger partial charge in [-0.1, -0.05) is 11.6 Å². The van der Waals surface area contributed by atoms with Crippen LogP contribution in [0.15, 0.2) is 42.9 Å². The number of hydrogen-bond donors (Lipinski definition) is 1. The molecule has 6 rings (SSSR count). The number of benzene rings is 1. The first-order chi connectivity index (χ1) is 19.1. The van der Waals surface area contributed by atoms with Gasteiger partial charge in [-0.3, -0.25) is 19.3 Å². The summed E-state index contributed by atoms with van der Waals surface area (Å²) in [5, 5.41) is 7.18. The van der Waals surface area contributed by atoms with Crippen LogP contribution in [0.4, 0.5) is 24.5 Å². The van der Waals surface area contributed by atoms with Crippen LogP contribution in [0.2, 0.25) is 5.02 Å². The molecule has 2 amide bonds. The number of aryl methyl sites for hydroxylation is 1. The summed E-state index contributed by atoms with van der Waals surface area (Å²) in [5.74, 6) is -0.820. The number of halogens is 4. The van der Waals surface area contributed by atoms with E-state index in [4.69, 9.17) is 11.6 Å². The van der Waals surface area contributed by atoms with Crippen molar-refractivity contribution in [1.82, 2.24) is 20.1 Å². The van der Waals surface area contributed by atoms with E-state index in [2.05, 4.69) is 20.3 Å². The van der Waals surface area contributed by atoms with E-state index in [9.17, 15) is 22.8 Å². The molecule has 8 nitrogen and oxygen atoms in total. The van der Waals surface area contributed by atoms with Gasteiger partial charge in [0.25, 0.3) is 12.3 Å². The average molecular weight is 573 g/mol. The third-order valence-corrected chi connectivity index (χ3v) is 8.56. The van der Waals surface area contributed by atoms with E-state index in [1.165, 1.54) is 18.2 Å². The van der Waals surface area contributed by atoms with Crippen LogP contribution in [-0.4, -0.2) is 52.3 Å². The summed E-state index contributed by atoms with van der Waals surface area (Å²) in [7, 11) is 1.83.